The van der Waals surface area contributed by atoms with Gasteiger partial charge in [0.15, 0.2) is 0 Å². The first-order valence-electron chi connectivity index (χ1n) is 13.2. The average molecular weight is 543 g/mol. The molecule has 7 heteroatoms. The summed E-state index contributed by atoms with van der Waals surface area (Å²) in [4.78, 5) is 34.2. The Hall–Kier alpha value is -4.62. The lowest BCUT2D eigenvalue weighted by molar-refractivity contribution is -0.130. The van der Waals surface area contributed by atoms with Crippen LogP contribution in [0.25, 0.3) is 12.2 Å². The lowest BCUT2D eigenvalue weighted by atomic mass is 9.90. The number of hydrazine groups is 1. The van der Waals surface area contributed by atoms with Crippen LogP contribution in [-0.4, -0.2) is 33.8 Å². The third-order valence-corrected chi connectivity index (χ3v) is 8.76. The fourth-order valence-corrected chi connectivity index (χ4v) is 6.91. The summed E-state index contributed by atoms with van der Waals surface area (Å²) < 4.78 is 0. The van der Waals surface area contributed by atoms with Crippen molar-refractivity contribution in [2.75, 3.05) is 10.7 Å². The van der Waals surface area contributed by atoms with Crippen molar-refractivity contribution in [2.24, 2.45) is 4.99 Å². The Morgan fingerprint density at radius 2 is 1.52 bits per heavy atom. The summed E-state index contributed by atoms with van der Waals surface area (Å²) in [7, 11) is 0. The van der Waals surface area contributed by atoms with Gasteiger partial charge in [-0.05, 0) is 47.4 Å². The van der Waals surface area contributed by atoms with E-state index in [0.717, 1.165) is 50.6 Å². The number of anilines is 2. The molecule has 3 aliphatic rings. The Morgan fingerprint density at radius 1 is 0.875 bits per heavy atom. The van der Waals surface area contributed by atoms with Crippen molar-refractivity contribution < 1.29 is 9.59 Å². The first-order valence-corrected chi connectivity index (χ1v) is 14.3. The molecule has 0 radical (unpaired) electrons. The highest BCUT2D eigenvalue weighted by Crippen LogP contribution is 2.46. The van der Waals surface area contributed by atoms with Crippen LogP contribution < -0.4 is 10.3 Å². The Labute approximate surface area is 237 Å². The largest absolute Gasteiger partial charge is 0.345 e. The van der Waals surface area contributed by atoms with E-state index in [1.165, 1.54) is 16.8 Å². The maximum Gasteiger partial charge on any atom is 0.345 e. The molecule has 0 aliphatic carbocycles. The predicted octanol–water partition coefficient (Wildman–Crippen LogP) is 7.06. The topological polar surface area (TPSA) is 65.0 Å². The monoisotopic (exact) mass is 542 g/mol. The van der Waals surface area contributed by atoms with E-state index in [9.17, 15) is 9.59 Å². The summed E-state index contributed by atoms with van der Waals surface area (Å²) in [5.74, 6) is -0.0508. The van der Waals surface area contributed by atoms with Crippen LogP contribution in [0.4, 0.5) is 21.9 Å². The van der Waals surface area contributed by atoms with Gasteiger partial charge >= 0.3 is 6.03 Å². The van der Waals surface area contributed by atoms with Crippen molar-refractivity contribution in [1.29, 1.82) is 0 Å². The zero-order valence-corrected chi connectivity index (χ0v) is 22.6. The number of aliphatic imine (C=N–C) groups is 1. The molecule has 0 saturated carbocycles. The van der Waals surface area contributed by atoms with Crippen LogP contribution in [0.2, 0.25) is 0 Å². The Morgan fingerprint density at radius 3 is 2.23 bits per heavy atom. The molecule has 40 heavy (non-hydrogen) atoms. The minimum Gasteiger partial charge on any atom is -0.272 e. The maximum absolute atomic E-state index is 14.1. The number of carbonyl (C=O) groups excluding carboxylic acids is 2. The quantitative estimate of drug-likeness (QED) is 0.301. The van der Waals surface area contributed by atoms with Gasteiger partial charge in [-0.2, -0.15) is 0 Å². The molecule has 3 heterocycles. The lowest BCUT2D eigenvalue weighted by Crippen LogP contribution is -2.53. The Balaban J connectivity index is 1.27. The number of carbonyl (C=O) groups is 2. The highest BCUT2D eigenvalue weighted by atomic mass is 32.2. The molecule has 196 valence electrons. The molecule has 3 amide bonds. The highest BCUT2D eigenvalue weighted by Gasteiger charge is 2.45. The molecule has 2 unspecified atom stereocenters. The molecule has 6 nitrogen and oxygen atoms in total. The first-order chi connectivity index (χ1) is 19.6. The number of aryl methyl sites for hydroxylation is 1. The zero-order chi connectivity index (χ0) is 27.2. The molecule has 0 bridgehead atoms. The maximum atomic E-state index is 14.1. The summed E-state index contributed by atoms with van der Waals surface area (Å²) in [5.41, 5.74) is 11.4. The van der Waals surface area contributed by atoms with Crippen LogP contribution in [0.15, 0.2) is 102 Å². The molecular formula is C33H26N4O2S. The minimum atomic E-state index is -0.384. The molecule has 4 aromatic rings. The smallest absolute Gasteiger partial charge is 0.272 e. The van der Waals surface area contributed by atoms with E-state index < -0.39 is 0 Å². The number of fused-ring (bicyclic) bond motifs is 3. The van der Waals surface area contributed by atoms with Gasteiger partial charge in [0.25, 0.3) is 5.91 Å². The zero-order valence-electron chi connectivity index (χ0n) is 21.8. The van der Waals surface area contributed by atoms with E-state index >= 15 is 0 Å². The number of benzene rings is 4. The molecule has 1 N–H and O–H groups in total. The van der Waals surface area contributed by atoms with E-state index in [1.54, 1.807) is 4.90 Å². The second-order valence-electron chi connectivity index (χ2n) is 10.1. The number of rotatable bonds is 3. The van der Waals surface area contributed by atoms with Crippen molar-refractivity contribution in [3.05, 3.63) is 125 Å². The SMILES string of the molecule is Cc1ccc2c(c1)C(C1SCC(=O)N1NC(=O)N1c3ccccc3C=Cc3ccccc31)C(c1ccccc1)=N2. The molecule has 1 fully saturated rings. The summed E-state index contributed by atoms with van der Waals surface area (Å²) in [5, 5.41) is 1.17. The van der Waals surface area contributed by atoms with Gasteiger partial charge in [0.2, 0.25) is 0 Å². The van der Waals surface area contributed by atoms with Gasteiger partial charge < -0.3 is 0 Å². The van der Waals surface area contributed by atoms with E-state index in [2.05, 4.69) is 24.5 Å². The number of urea groups is 1. The van der Waals surface area contributed by atoms with Gasteiger partial charge in [-0.25, -0.2) is 15.2 Å². The van der Waals surface area contributed by atoms with Crippen LogP contribution in [0.5, 0.6) is 0 Å². The van der Waals surface area contributed by atoms with Crippen molar-refractivity contribution in [3.63, 3.8) is 0 Å². The van der Waals surface area contributed by atoms with Crippen molar-refractivity contribution in [3.8, 4) is 0 Å². The van der Waals surface area contributed by atoms with Gasteiger partial charge in [0.1, 0.15) is 5.37 Å². The fourth-order valence-electron chi connectivity index (χ4n) is 5.67. The standard InChI is InChI=1S/C33H26N4O2S/c1-21-15-18-26-25(19-21)30(31(34-26)24-11-3-2-4-12-24)32-37(29(38)20-40-32)35-33(39)36-27-13-7-5-9-22(27)16-17-23-10-6-8-14-28(23)36/h2-19,30,32H,20H2,1H3,(H,35,39). The number of nitrogens with one attached hydrogen (secondary N) is 1. The number of para-hydroxylation sites is 2. The minimum absolute atomic E-state index is 0.133. The van der Waals surface area contributed by atoms with Crippen LogP contribution in [0.1, 0.15) is 33.7 Å². The number of nitrogens with zero attached hydrogens (tertiary/aromatic N) is 3. The van der Waals surface area contributed by atoms with Gasteiger partial charge in [-0.1, -0.05) is 96.6 Å². The molecule has 0 aromatic heterocycles. The second kappa shape index (κ2) is 9.84. The van der Waals surface area contributed by atoms with E-state index in [-0.39, 0.29) is 29.0 Å². The number of hydrogen-bond acceptors (Lipinski definition) is 4. The summed E-state index contributed by atoms with van der Waals surface area (Å²) in [6, 6.07) is 31.5. The van der Waals surface area contributed by atoms with Crippen LogP contribution in [0, 0.1) is 6.92 Å². The van der Waals surface area contributed by atoms with Crippen molar-refractivity contribution in [1.82, 2.24) is 10.4 Å². The van der Waals surface area contributed by atoms with Crippen LogP contribution in [0.3, 0.4) is 0 Å². The number of amides is 3. The van der Waals surface area contributed by atoms with E-state index in [1.807, 2.05) is 97.1 Å². The van der Waals surface area contributed by atoms with Gasteiger partial charge in [0.05, 0.1) is 34.4 Å². The number of hydrogen-bond donors (Lipinski definition) is 1. The lowest BCUT2D eigenvalue weighted by Gasteiger charge is -2.33. The van der Waals surface area contributed by atoms with Crippen LogP contribution in [-0.2, 0) is 4.79 Å². The normalized spacial score (nSPS) is 19.0. The van der Waals surface area contributed by atoms with Gasteiger partial charge in [0, 0.05) is 0 Å². The second-order valence-corrected chi connectivity index (χ2v) is 11.2. The van der Waals surface area contributed by atoms with E-state index in [0.29, 0.717) is 0 Å². The fraction of sp³-hybridized carbons (Fsp3) is 0.121. The molecular weight excluding hydrogens is 516 g/mol. The van der Waals surface area contributed by atoms with Crippen molar-refractivity contribution >= 4 is 58.6 Å². The summed E-state index contributed by atoms with van der Waals surface area (Å²) in [6.07, 6.45) is 4.03. The average Bonchev–Trinajstić information content (AvgIpc) is 3.47. The third-order valence-electron chi connectivity index (χ3n) is 7.53. The predicted molar refractivity (Wildman–Crippen MR) is 162 cm³/mol. The third kappa shape index (κ3) is 4.10. The molecule has 3 aliphatic heterocycles. The Bertz CT molecular complexity index is 1670. The number of thioether (sulfide) groups is 1. The summed E-state index contributed by atoms with van der Waals surface area (Å²) in [6.45, 7) is 2.06. The first kappa shape index (κ1) is 24.4. The molecule has 0 spiro atoms. The summed E-state index contributed by atoms with van der Waals surface area (Å²) >= 11 is 1.54. The van der Waals surface area contributed by atoms with E-state index in [4.69, 9.17) is 4.99 Å². The van der Waals surface area contributed by atoms with Crippen molar-refractivity contribution in [2.45, 2.75) is 18.2 Å². The van der Waals surface area contributed by atoms with Crippen LogP contribution >= 0.6 is 11.8 Å². The Kier molecular flexibility index (Phi) is 6.01. The highest BCUT2D eigenvalue weighted by molar-refractivity contribution is 8.01. The molecule has 1 saturated heterocycles. The molecule has 4 aromatic carbocycles. The van der Waals surface area contributed by atoms with Gasteiger partial charge in [-0.15, -0.1) is 11.8 Å². The van der Waals surface area contributed by atoms with Gasteiger partial charge in [-0.3, -0.25) is 14.7 Å². The molecule has 2 atom stereocenters. The molecule has 7 rings (SSSR count).